The molecule has 1 saturated heterocycles. The van der Waals surface area contributed by atoms with Crippen LogP contribution in [0.4, 0.5) is 0 Å². The fraction of sp³-hybridized carbons (Fsp3) is 0.429. The normalized spacial score (nSPS) is 17.8. The van der Waals surface area contributed by atoms with Crippen molar-refractivity contribution in [2.75, 3.05) is 20.2 Å². The van der Waals surface area contributed by atoms with Crippen LogP contribution in [0.15, 0.2) is 48.8 Å². The molecule has 26 heavy (non-hydrogen) atoms. The molecular formula is C21H26N4O. The van der Waals surface area contributed by atoms with Crippen LogP contribution in [0.25, 0.3) is 17.0 Å². The molecule has 4 rings (SSSR count). The van der Waals surface area contributed by atoms with Crippen molar-refractivity contribution in [3.8, 4) is 11.3 Å². The predicted molar refractivity (Wildman–Crippen MR) is 103 cm³/mol. The Balaban J connectivity index is 1.54. The molecule has 0 saturated carbocycles. The molecule has 1 aliphatic rings. The predicted octanol–water partition coefficient (Wildman–Crippen LogP) is 3.79. The largest absolute Gasteiger partial charge is 0.378 e. The zero-order chi connectivity index (χ0) is 17.8. The molecule has 2 aromatic heterocycles. The van der Waals surface area contributed by atoms with Crippen LogP contribution in [0.1, 0.15) is 31.4 Å². The molecule has 0 aliphatic carbocycles. The summed E-state index contributed by atoms with van der Waals surface area (Å²) in [5.41, 5.74) is 3.34. The van der Waals surface area contributed by atoms with Gasteiger partial charge in [-0.3, -0.25) is 4.40 Å². The summed E-state index contributed by atoms with van der Waals surface area (Å²) in [6.45, 7) is 2.78. The second-order valence-corrected chi connectivity index (χ2v) is 7.08. The highest BCUT2D eigenvalue weighted by Gasteiger charge is 2.18. The maximum Gasteiger partial charge on any atom is 0.234 e. The van der Waals surface area contributed by atoms with Crippen LogP contribution < -0.4 is 0 Å². The highest BCUT2D eigenvalue weighted by molar-refractivity contribution is 5.65. The van der Waals surface area contributed by atoms with Gasteiger partial charge in [-0.1, -0.05) is 30.3 Å². The van der Waals surface area contributed by atoms with Gasteiger partial charge >= 0.3 is 0 Å². The van der Waals surface area contributed by atoms with E-state index >= 15 is 0 Å². The van der Waals surface area contributed by atoms with E-state index in [4.69, 9.17) is 9.72 Å². The molecule has 1 aliphatic heterocycles. The number of hydrogen-bond donors (Lipinski definition) is 0. The Morgan fingerprint density at radius 3 is 2.88 bits per heavy atom. The molecule has 3 heterocycles. The van der Waals surface area contributed by atoms with Crippen molar-refractivity contribution in [1.82, 2.24) is 19.3 Å². The fourth-order valence-electron chi connectivity index (χ4n) is 3.65. The molecule has 1 unspecified atom stereocenters. The van der Waals surface area contributed by atoms with E-state index < -0.39 is 0 Å². The van der Waals surface area contributed by atoms with Crippen molar-refractivity contribution in [2.24, 2.45) is 0 Å². The summed E-state index contributed by atoms with van der Waals surface area (Å²) in [5, 5.41) is 0. The van der Waals surface area contributed by atoms with E-state index in [2.05, 4.69) is 51.8 Å². The van der Waals surface area contributed by atoms with E-state index in [1.165, 1.54) is 25.0 Å². The highest BCUT2D eigenvalue weighted by Crippen LogP contribution is 2.25. The number of hydrogen-bond acceptors (Lipinski definition) is 4. The first-order chi connectivity index (χ1) is 12.8. The van der Waals surface area contributed by atoms with Crippen molar-refractivity contribution in [2.45, 2.75) is 38.3 Å². The lowest BCUT2D eigenvalue weighted by Crippen LogP contribution is -2.27. The number of aromatic nitrogens is 3. The summed E-state index contributed by atoms with van der Waals surface area (Å²) in [6, 6.07) is 12.3. The van der Waals surface area contributed by atoms with E-state index in [0.717, 1.165) is 43.2 Å². The number of nitrogens with zero attached hydrogens (tertiary/aromatic N) is 4. The quantitative estimate of drug-likeness (QED) is 0.678. The van der Waals surface area contributed by atoms with Gasteiger partial charge in [-0.25, -0.2) is 9.97 Å². The summed E-state index contributed by atoms with van der Waals surface area (Å²) in [6.07, 6.45) is 9.06. The van der Waals surface area contributed by atoms with E-state index in [0.29, 0.717) is 6.10 Å². The van der Waals surface area contributed by atoms with Crippen LogP contribution in [0.5, 0.6) is 0 Å². The molecule has 0 bridgehead atoms. The first kappa shape index (κ1) is 17.2. The van der Waals surface area contributed by atoms with E-state index in [1.54, 1.807) is 6.20 Å². The van der Waals surface area contributed by atoms with Crippen molar-refractivity contribution in [3.05, 3.63) is 54.5 Å². The molecule has 1 aromatic carbocycles. The van der Waals surface area contributed by atoms with Crippen LogP contribution in [0, 0.1) is 0 Å². The summed E-state index contributed by atoms with van der Waals surface area (Å²) < 4.78 is 7.98. The second kappa shape index (κ2) is 7.98. The Labute approximate surface area is 154 Å². The second-order valence-electron chi connectivity index (χ2n) is 7.08. The Morgan fingerprint density at radius 1 is 1.19 bits per heavy atom. The molecule has 0 radical (unpaired) electrons. The number of fused-ring (bicyclic) bond motifs is 1. The minimum Gasteiger partial charge on any atom is -0.378 e. The molecule has 136 valence electrons. The zero-order valence-corrected chi connectivity index (χ0v) is 15.3. The smallest absolute Gasteiger partial charge is 0.234 e. The van der Waals surface area contributed by atoms with Gasteiger partial charge < -0.3 is 9.64 Å². The monoisotopic (exact) mass is 350 g/mol. The van der Waals surface area contributed by atoms with Crippen molar-refractivity contribution < 1.29 is 4.74 Å². The number of ether oxygens (including phenoxy) is 1. The molecule has 5 heteroatoms. The van der Waals surface area contributed by atoms with Crippen LogP contribution in [0.3, 0.4) is 0 Å². The Kier molecular flexibility index (Phi) is 5.27. The molecule has 5 nitrogen and oxygen atoms in total. The van der Waals surface area contributed by atoms with E-state index in [-0.39, 0.29) is 0 Å². The van der Waals surface area contributed by atoms with Gasteiger partial charge in [0, 0.05) is 37.7 Å². The number of benzene rings is 1. The molecule has 3 aromatic rings. The number of rotatable bonds is 6. The SMILES string of the molecule is CN(CCC1CCCCO1)Cc1c(-c2ccccc2)nc2ncccn12. The van der Waals surface area contributed by atoms with Crippen molar-refractivity contribution in [3.63, 3.8) is 0 Å². The summed E-state index contributed by atoms with van der Waals surface area (Å²) in [4.78, 5) is 11.6. The maximum absolute atomic E-state index is 5.87. The van der Waals surface area contributed by atoms with Gasteiger partial charge in [0.15, 0.2) is 0 Å². The minimum atomic E-state index is 0.420. The van der Waals surface area contributed by atoms with Gasteiger partial charge in [-0.05, 0) is 38.8 Å². The summed E-state index contributed by atoms with van der Waals surface area (Å²) >= 11 is 0. The zero-order valence-electron chi connectivity index (χ0n) is 15.3. The van der Waals surface area contributed by atoms with Crippen molar-refractivity contribution in [1.29, 1.82) is 0 Å². The highest BCUT2D eigenvalue weighted by atomic mass is 16.5. The lowest BCUT2D eigenvalue weighted by molar-refractivity contribution is 0.00636. The van der Waals surface area contributed by atoms with E-state index in [9.17, 15) is 0 Å². The van der Waals surface area contributed by atoms with Crippen LogP contribution in [-0.4, -0.2) is 45.6 Å². The van der Waals surface area contributed by atoms with E-state index in [1.807, 2.05) is 12.1 Å². The Bertz CT molecular complexity index is 840. The fourth-order valence-corrected chi connectivity index (χ4v) is 3.65. The van der Waals surface area contributed by atoms with Crippen LogP contribution in [-0.2, 0) is 11.3 Å². The number of imidazole rings is 1. The average molecular weight is 350 g/mol. The minimum absolute atomic E-state index is 0.420. The topological polar surface area (TPSA) is 42.7 Å². The van der Waals surface area contributed by atoms with Crippen LogP contribution in [0.2, 0.25) is 0 Å². The Morgan fingerprint density at radius 2 is 2.08 bits per heavy atom. The average Bonchev–Trinajstić information content (AvgIpc) is 3.06. The third kappa shape index (κ3) is 3.79. The first-order valence-electron chi connectivity index (χ1n) is 9.49. The van der Waals surface area contributed by atoms with Gasteiger partial charge in [0.2, 0.25) is 5.78 Å². The third-order valence-electron chi connectivity index (χ3n) is 5.08. The molecule has 0 amide bonds. The molecule has 1 atom stereocenters. The van der Waals surface area contributed by atoms with Gasteiger partial charge in [-0.2, -0.15) is 0 Å². The third-order valence-corrected chi connectivity index (χ3v) is 5.08. The molecular weight excluding hydrogens is 324 g/mol. The summed E-state index contributed by atoms with van der Waals surface area (Å²) in [7, 11) is 2.17. The maximum atomic E-state index is 5.87. The van der Waals surface area contributed by atoms with Gasteiger partial charge in [0.25, 0.3) is 0 Å². The molecule has 0 N–H and O–H groups in total. The summed E-state index contributed by atoms with van der Waals surface area (Å²) in [5.74, 6) is 0.755. The van der Waals surface area contributed by atoms with Crippen molar-refractivity contribution >= 4 is 5.78 Å². The molecule has 1 fully saturated rings. The van der Waals surface area contributed by atoms with Gasteiger partial charge in [0.1, 0.15) is 0 Å². The molecule has 0 spiro atoms. The Hall–Kier alpha value is -2.24. The van der Waals surface area contributed by atoms with Crippen LogP contribution >= 0.6 is 0 Å². The first-order valence-corrected chi connectivity index (χ1v) is 9.49. The van der Waals surface area contributed by atoms with Gasteiger partial charge in [-0.15, -0.1) is 0 Å². The van der Waals surface area contributed by atoms with Gasteiger partial charge in [0.05, 0.1) is 17.5 Å². The lowest BCUT2D eigenvalue weighted by atomic mass is 10.1. The lowest BCUT2D eigenvalue weighted by Gasteiger charge is -2.25. The standard InChI is InChI=1S/C21H26N4O/c1-24(14-11-18-10-5-6-15-26-18)16-19-20(17-8-3-2-4-9-17)23-21-22-12-7-13-25(19)21/h2-4,7-9,12-13,18H,5-6,10-11,14-16H2,1H3.